The molecule has 0 saturated heterocycles. The number of carbonyl (C=O) groups is 1. The van der Waals surface area contributed by atoms with Crippen LogP contribution in [0.4, 0.5) is 0 Å². The second kappa shape index (κ2) is 39.8. The minimum atomic E-state index is -5.06. The minimum Gasteiger partial charge on any atom is -0.457 e. The molecule has 0 heterocycles. The average Bonchev–Trinajstić information content (AvgIpc) is 3.28. The van der Waals surface area contributed by atoms with E-state index in [1.807, 2.05) is 18.2 Å². The number of unbranched alkanes of at least 4 members (excludes halogenated alkanes) is 2. The summed E-state index contributed by atoms with van der Waals surface area (Å²) in [6.07, 6.45) is 46.9. The fourth-order valence-electron chi connectivity index (χ4n) is 5.93. The molecule has 0 radical (unpaired) electrons. The highest BCUT2D eigenvalue weighted by Crippen LogP contribution is 2.47. The van der Waals surface area contributed by atoms with Crippen molar-refractivity contribution in [2.45, 2.75) is 159 Å². The molecule has 6 atom stereocenters. The Labute approximate surface area is 383 Å². The number of esters is 1. The van der Waals surface area contributed by atoms with E-state index < -0.39 is 63.1 Å². The number of carbonyl (C=O) groups excluding carboxylic acids is 1. The van der Waals surface area contributed by atoms with Gasteiger partial charge in [-0.05, 0) is 96.3 Å². The zero-order valence-corrected chi connectivity index (χ0v) is 39.2. The van der Waals surface area contributed by atoms with Gasteiger partial charge in [-0.1, -0.05) is 148 Å². The summed E-state index contributed by atoms with van der Waals surface area (Å²) < 4.78 is 34.0. The summed E-state index contributed by atoms with van der Waals surface area (Å²) in [5.74, 6) is -0.580. The Morgan fingerprint density at radius 1 is 0.500 bits per heavy atom. The van der Waals surface area contributed by atoms with E-state index in [9.17, 15) is 39.8 Å². The molecule has 12 nitrogen and oxygen atoms in total. The predicted molar refractivity (Wildman–Crippen MR) is 257 cm³/mol. The van der Waals surface area contributed by atoms with Gasteiger partial charge < -0.3 is 39.9 Å². The van der Waals surface area contributed by atoms with Crippen LogP contribution < -0.4 is 0 Å². The van der Waals surface area contributed by atoms with Gasteiger partial charge in [0, 0.05) is 13.0 Å². The lowest BCUT2D eigenvalue weighted by Crippen LogP contribution is -2.64. The fraction of sp³-hybridized carbons (Fsp3) is 0.549. The maximum atomic E-state index is 12.8. The molecule has 0 spiro atoms. The molecule has 1 saturated carbocycles. The molecule has 0 aromatic rings. The van der Waals surface area contributed by atoms with Crippen molar-refractivity contribution in [3.05, 3.63) is 134 Å². The van der Waals surface area contributed by atoms with Gasteiger partial charge >= 0.3 is 13.8 Å². The molecule has 1 fully saturated rings. The zero-order chi connectivity index (χ0) is 46.9. The lowest BCUT2D eigenvalue weighted by Gasteiger charge is -2.41. The summed E-state index contributed by atoms with van der Waals surface area (Å²) in [4.78, 5) is 23.1. The molecular weight excluding hydrogens is 836 g/mol. The van der Waals surface area contributed by atoms with Gasteiger partial charge in [-0.2, -0.15) is 0 Å². The molecule has 0 aromatic heterocycles. The quantitative estimate of drug-likeness (QED) is 0.0151. The molecule has 6 unspecified atom stereocenters. The fourth-order valence-corrected chi connectivity index (χ4v) is 6.91. The van der Waals surface area contributed by atoms with Gasteiger partial charge in [0.05, 0.1) is 13.2 Å². The average molecular weight is 915 g/mol. The van der Waals surface area contributed by atoms with Crippen LogP contribution in [0.25, 0.3) is 0 Å². The smallest absolute Gasteiger partial charge is 0.457 e. The van der Waals surface area contributed by atoms with Crippen molar-refractivity contribution < 1.29 is 58.3 Å². The van der Waals surface area contributed by atoms with Crippen molar-refractivity contribution in [1.82, 2.24) is 0 Å². The van der Waals surface area contributed by atoms with Crippen molar-refractivity contribution in [3.63, 3.8) is 0 Å². The minimum absolute atomic E-state index is 0.0431. The number of rotatable bonds is 36. The molecule has 0 aliphatic heterocycles. The van der Waals surface area contributed by atoms with Gasteiger partial charge in [0.25, 0.3) is 0 Å². The van der Waals surface area contributed by atoms with E-state index in [2.05, 4.69) is 129 Å². The van der Waals surface area contributed by atoms with Gasteiger partial charge in [0.1, 0.15) is 42.7 Å². The van der Waals surface area contributed by atoms with Crippen LogP contribution in [0.5, 0.6) is 0 Å². The Morgan fingerprint density at radius 3 is 1.27 bits per heavy atom. The highest BCUT2D eigenvalue weighted by atomic mass is 31.2. The van der Waals surface area contributed by atoms with Crippen molar-refractivity contribution in [1.29, 1.82) is 0 Å². The Bertz CT molecular complexity index is 1560. The summed E-state index contributed by atoms with van der Waals surface area (Å²) in [6, 6.07) is 0. The first kappa shape index (κ1) is 58.5. The Kier molecular flexibility index (Phi) is 36.4. The number of ether oxygens (including phenoxy) is 2. The lowest BCUT2D eigenvalue weighted by atomic mass is 9.85. The van der Waals surface area contributed by atoms with E-state index >= 15 is 0 Å². The van der Waals surface area contributed by atoms with Crippen LogP contribution in [0.15, 0.2) is 134 Å². The first-order valence-corrected chi connectivity index (χ1v) is 24.5. The SMILES string of the molecule is CC/C=C\C/C=C\C/C=C\C/C=C\C/C=C\C/C=C\C/C=C\CCCCOCC(COP(=O)(O)OC1C(O)C(O)C(O)C(O)C1O)OC(=O)CC/C=C\C/C=C\C/C=C\C/C=C\CC. The maximum Gasteiger partial charge on any atom is 0.472 e. The number of aliphatic hydroxyl groups excluding tert-OH is 5. The van der Waals surface area contributed by atoms with Crippen molar-refractivity contribution in [2.75, 3.05) is 19.8 Å². The predicted octanol–water partition coefficient (Wildman–Crippen LogP) is 9.63. The van der Waals surface area contributed by atoms with E-state index in [0.717, 1.165) is 77.0 Å². The van der Waals surface area contributed by atoms with Gasteiger partial charge in [0.15, 0.2) is 0 Å². The molecule has 1 rings (SSSR count). The first-order valence-electron chi connectivity index (χ1n) is 23.0. The third-order valence-electron chi connectivity index (χ3n) is 9.53. The third-order valence-corrected chi connectivity index (χ3v) is 10.5. The number of allylic oxidation sites excluding steroid dienone is 22. The molecule has 1 aliphatic carbocycles. The number of hydrogen-bond donors (Lipinski definition) is 6. The molecule has 13 heteroatoms. The Balaban J connectivity index is 2.46. The summed E-state index contributed by atoms with van der Waals surface area (Å²) in [5.41, 5.74) is 0. The van der Waals surface area contributed by atoms with Gasteiger partial charge in [0.2, 0.25) is 0 Å². The molecule has 0 amide bonds. The van der Waals surface area contributed by atoms with E-state index in [1.165, 1.54) is 0 Å². The number of hydrogen-bond acceptors (Lipinski definition) is 11. The second-order valence-electron chi connectivity index (χ2n) is 15.1. The lowest BCUT2D eigenvalue weighted by molar-refractivity contribution is -0.220. The summed E-state index contributed by atoms with van der Waals surface area (Å²) in [7, 11) is -5.06. The number of aliphatic hydroxyl groups is 5. The zero-order valence-electron chi connectivity index (χ0n) is 38.3. The van der Waals surface area contributed by atoms with Crippen LogP contribution in [-0.2, 0) is 27.9 Å². The second-order valence-corrected chi connectivity index (χ2v) is 16.5. The molecular formula is C51H79O12P. The van der Waals surface area contributed by atoms with Crippen molar-refractivity contribution in [2.24, 2.45) is 0 Å². The third kappa shape index (κ3) is 31.4. The summed E-state index contributed by atoms with van der Waals surface area (Å²) >= 11 is 0. The molecule has 0 bridgehead atoms. The highest BCUT2D eigenvalue weighted by molar-refractivity contribution is 7.47. The number of phosphoric ester groups is 1. The van der Waals surface area contributed by atoms with E-state index in [1.54, 1.807) is 0 Å². The van der Waals surface area contributed by atoms with Gasteiger partial charge in [-0.3, -0.25) is 13.8 Å². The van der Waals surface area contributed by atoms with Crippen LogP contribution in [0, 0.1) is 0 Å². The van der Waals surface area contributed by atoms with E-state index in [-0.39, 0.29) is 13.0 Å². The molecule has 6 N–H and O–H groups in total. The highest BCUT2D eigenvalue weighted by Gasteiger charge is 2.51. The number of phosphoric acid groups is 1. The van der Waals surface area contributed by atoms with Crippen LogP contribution >= 0.6 is 7.82 Å². The van der Waals surface area contributed by atoms with Crippen LogP contribution in [0.2, 0.25) is 0 Å². The van der Waals surface area contributed by atoms with Gasteiger partial charge in [-0.15, -0.1) is 0 Å². The molecule has 360 valence electrons. The topological polar surface area (TPSA) is 192 Å². The van der Waals surface area contributed by atoms with Crippen molar-refractivity contribution >= 4 is 13.8 Å². The maximum absolute atomic E-state index is 12.8. The monoisotopic (exact) mass is 915 g/mol. The standard InChI is InChI=1S/C51H79O12P/c1-3-5-7-9-11-13-15-17-18-19-20-21-22-23-24-25-26-27-29-31-33-35-37-39-41-60-42-44(43-61-64(58,59)63-51-49(56)47(54)46(53)48(55)50(51)57)62-45(52)40-38-36-34-32-30-28-16-14-12-10-8-6-4-2/h5-8,11-14,17-18,20-21,23-24,26-28,30-31,33-34,36,44,46-51,53-57H,3-4,9-10,15-16,19,22,25,29,32,35,37-43H2,1-2H3,(H,58,59)/b7-5-,8-6-,13-11-,14-12-,18-17-,21-20-,24-23-,27-26-,30-28-,33-31-,36-34-. The van der Waals surface area contributed by atoms with Crippen LogP contribution in [0.3, 0.4) is 0 Å². The Hall–Kier alpha value is -3.52. The van der Waals surface area contributed by atoms with Crippen molar-refractivity contribution in [3.8, 4) is 0 Å². The largest absolute Gasteiger partial charge is 0.472 e. The van der Waals surface area contributed by atoms with Crippen LogP contribution in [-0.4, -0.2) is 98.9 Å². The molecule has 1 aliphatic rings. The molecule has 64 heavy (non-hydrogen) atoms. The summed E-state index contributed by atoms with van der Waals surface area (Å²) in [5, 5.41) is 50.2. The van der Waals surface area contributed by atoms with Gasteiger partial charge in [-0.25, -0.2) is 4.57 Å². The van der Waals surface area contributed by atoms with E-state index in [4.69, 9.17) is 18.5 Å². The molecule has 0 aromatic carbocycles. The van der Waals surface area contributed by atoms with E-state index in [0.29, 0.717) is 25.9 Å². The normalized spacial score (nSPS) is 22.9. The Morgan fingerprint density at radius 2 is 0.859 bits per heavy atom. The first-order chi connectivity index (χ1) is 31.0. The summed E-state index contributed by atoms with van der Waals surface area (Å²) in [6.45, 7) is 3.80. The van der Waals surface area contributed by atoms with Crippen LogP contribution in [0.1, 0.15) is 117 Å².